The van der Waals surface area contributed by atoms with Gasteiger partial charge >= 0.3 is 0 Å². The van der Waals surface area contributed by atoms with E-state index in [4.69, 9.17) is 4.52 Å². The van der Waals surface area contributed by atoms with Crippen LogP contribution in [0.1, 0.15) is 23.4 Å². The van der Waals surface area contributed by atoms with Gasteiger partial charge in [-0.05, 0) is 38.9 Å². The van der Waals surface area contributed by atoms with Crippen molar-refractivity contribution in [1.82, 2.24) is 29.0 Å². The van der Waals surface area contributed by atoms with Crippen molar-refractivity contribution in [2.24, 2.45) is 0 Å². The van der Waals surface area contributed by atoms with Crippen LogP contribution in [0.2, 0.25) is 0 Å². The third-order valence-electron chi connectivity index (χ3n) is 5.97. The molecule has 182 valence electrons. The van der Waals surface area contributed by atoms with Gasteiger partial charge in [0.15, 0.2) is 5.76 Å². The Morgan fingerprint density at radius 1 is 1.12 bits per heavy atom. The van der Waals surface area contributed by atoms with E-state index in [-0.39, 0.29) is 17.3 Å². The molecule has 3 aromatic rings. The predicted molar refractivity (Wildman–Crippen MR) is 126 cm³/mol. The van der Waals surface area contributed by atoms with E-state index in [0.29, 0.717) is 50.6 Å². The first kappa shape index (κ1) is 24.1. The van der Waals surface area contributed by atoms with Crippen LogP contribution in [-0.2, 0) is 21.4 Å². The molecule has 0 saturated carbocycles. The molecule has 1 amide bonds. The number of carbonyl (C=O) groups is 1. The highest BCUT2D eigenvalue weighted by Gasteiger charge is 2.32. The number of benzene rings is 1. The van der Waals surface area contributed by atoms with E-state index >= 15 is 0 Å². The van der Waals surface area contributed by atoms with Crippen LogP contribution in [-0.4, -0.2) is 83.1 Å². The summed E-state index contributed by atoms with van der Waals surface area (Å²) in [6.07, 6.45) is 4.33. The zero-order chi connectivity index (χ0) is 24.3. The topological polar surface area (TPSA) is 105 Å². The van der Waals surface area contributed by atoms with E-state index in [9.17, 15) is 13.2 Å². The van der Waals surface area contributed by atoms with E-state index in [1.54, 1.807) is 36.7 Å². The number of likely N-dealkylation sites (N-methyl/N-ethyl adjacent to an activating group) is 1. The normalized spacial score (nSPS) is 15.9. The first-order valence-electron chi connectivity index (χ1n) is 11.2. The summed E-state index contributed by atoms with van der Waals surface area (Å²) in [5.74, 6) is 0.278. The average molecular weight is 487 g/mol. The summed E-state index contributed by atoms with van der Waals surface area (Å²) in [7, 11) is -1.92. The van der Waals surface area contributed by atoms with Gasteiger partial charge in [-0.15, -0.1) is 0 Å². The summed E-state index contributed by atoms with van der Waals surface area (Å²) in [4.78, 5) is 16.7. The van der Waals surface area contributed by atoms with Gasteiger partial charge in [-0.2, -0.15) is 9.40 Å². The van der Waals surface area contributed by atoms with Crippen molar-refractivity contribution in [2.45, 2.75) is 31.7 Å². The Labute approximate surface area is 199 Å². The highest BCUT2D eigenvalue weighted by atomic mass is 32.2. The molecule has 4 rings (SSSR count). The molecule has 0 atom stereocenters. The Hall–Kier alpha value is -3.02. The molecule has 0 unspecified atom stereocenters. The Bertz CT molecular complexity index is 1220. The fourth-order valence-electron chi connectivity index (χ4n) is 4.16. The van der Waals surface area contributed by atoms with Crippen molar-refractivity contribution >= 4 is 15.9 Å². The molecule has 1 aliphatic heterocycles. The maximum absolute atomic E-state index is 13.1. The highest BCUT2D eigenvalue weighted by molar-refractivity contribution is 7.89. The van der Waals surface area contributed by atoms with Crippen LogP contribution in [0.5, 0.6) is 0 Å². The summed E-state index contributed by atoms with van der Waals surface area (Å²) in [6.45, 7) is 5.77. The lowest BCUT2D eigenvalue weighted by atomic mass is 10.3. The summed E-state index contributed by atoms with van der Waals surface area (Å²) >= 11 is 0. The molecule has 1 aliphatic rings. The van der Waals surface area contributed by atoms with Crippen molar-refractivity contribution < 1.29 is 17.7 Å². The van der Waals surface area contributed by atoms with Gasteiger partial charge in [0.05, 0.1) is 18.4 Å². The second-order valence-corrected chi connectivity index (χ2v) is 10.4. The van der Waals surface area contributed by atoms with Crippen molar-refractivity contribution in [3.8, 4) is 5.69 Å². The maximum atomic E-state index is 13.1. The Balaban J connectivity index is 1.33. The zero-order valence-electron chi connectivity index (χ0n) is 19.7. The molecule has 0 radical (unpaired) electrons. The first-order chi connectivity index (χ1) is 16.3. The summed E-state index contributed by atoms with van der Waals surface area (Å²) in [6, 6.07) is 9.80. The minimum atomic E-state index is -3.69. The minimum absolute atomic E-state index is 0.0190. The molecule has 1 aromatic carbocycles. The largest absolute Gasteiger partial charge is 0.360 e. The maximum Gasteiger partial charge on any atom is 0.248 e. The molecule has 0 spiro atoms. The van der Waals surface area contributed by atoms with Gasteiger partial charge in [0.2, 0.25) is 15.9 Å². The van der Waals surface area contributed by atoms with Gasteiger partial charge in [-0.25, -0.2) is 13.1 Å². The summed E-state index contributed by atoms with van der Waals surface area (Å²) < 4.78 is 34.5. The number of para-hydroxylation sites is 1. The lowest BCUT2D eigenvalue weighted by molar-refractivity contribution is -0.131. The molecular weight excluding hydrogens is 456 g/mol. The Morgan fingerprint density at radius 3 is 2.59 bits per heavy atom. The molecular formula is C23H30N6O4S. The molecule has 3 heterocycles. The molecule has 34 heavy (non-hydrogen) atoms. The van der Waals surface area contributed by atoms with Crippen molar-refractivity contribution in [3.05, 3.63) is 59.7 Å². The number of rotatable bonds is 7. The number of nitrogens with zero attached hydrogens (tertiary/aromatic N) is 6. The van der Waals surface area contributed by atoms with Gasteiger partial charge in [0.1, 0.15) is 10.6 Å². The Morgan fingerprint density at radius 2 is 1.88 bits per heavy atom. The monoisotopic (exact) mass is 486 g/mol. The smallest absolute Gasteiger partial charge is 0.248 e. The first-order valence-corrected chi connectivity index (χ1v) is 12.7. The van der Waals surface area contributed by atoms with Crippen LogP contribution in [0.4, 0.5) is 0 Å². The molecule has 11 heteroatoms. The second-order valence-electron chi connectivity index (χ2n) is 8.57. The third-order valence-corrected chi connectivity index (χ3v) is 8.12. The van der Waals surface area contributed by atoms with E-state index in [1.165, 1.54) is 4.31 Å². The van der Waals surface area contributed by atoms with Crippen LogP contribution >= 0.6 is 0 Å². The van der Waals surface area contributed by atoms with Crippen LogP contribution in [0.25, 0.3) is 5.69 Å². The molecule has 0 aliphatic carbocycles. The number of hydrogen-bond donors (Lipinski definition) is 0. The van der Waals surface area contributed by atoms with E-state index in [0.717, 1.165) is 11.3 Å². The third kappa shape index (κ3) is 5.21. The molecule has 1 saturated heterocycles. The predicted octanol–water partition coefficient (Wildman–Crippen LogP) is 1.83. The summed E-state index contributed by atoms with van der Waals surface area (Å²) in [5, 5.41) is 8.17. The molecule has 10 nitrogen and oxygen atoms in total. The van der Waals surface area contributed by atoms with Crippen LogP contribution in [0, 0.1) is 13.8 Å². The molecule has 0 N–H and O–H groups in total. The minimum Gasteiger partial charge on any atom is -0.360 e. The van der Waals surface area contributed by atoms with Crippen molar-refractivity contribution in [3.63, 3.8) is 0 Å². The zero-order valence-corrected chi connectivity index (χ0v) is 20.5. The van der Waals surface area contributed by atoms with Gasteiger partial charge < -0.3 is 9.42 Å². The van der Waals surface area contributed by atoms with Crippen LogP contribution in [0.3, 0.4) is 0 Å². The number of sulfonamides is 1. The lowest BCUT2D eigenvalue weighted by Crippen LogP contribution is -2.40. The SMILES string of the molecule is Cc1noc(C)c1S(=O)(=O)N1CCCN(CC(=O)N(C)Cc2cnn(-c3ccccc3)c2)CC1. The van der Waals surface area contributed by atoms with Gasteiger partial charge in [-0.3, -0.25) is 9.69 Å². The lowest BCUT2D eigenvalue weighted by Gasteiger charge is -2.24. The number of amides is 1. The van der Waals surface area contributed by atoms with Gasteiger partial charge in [0.25, 0.3) is 0 Å². The Kier molecular flexibility index (Phi) is 7.15. The van der Waals surface area contributed by atoms with Crippen LogP contribution in [0.15, 0.2) is 52.1 Å². The average Bonchev–Trinajstić information content (AvgIpc) is 3.33. The standard InChI is InChI=1S/C23H30N6O4S/c1-18-23(19(2)33-25-18)34(31,32)28-11-7-10-27(12-13-28)17-22(30)26(3)15-20-14-24-29(16-20)21-8-5-4-6-9-21/h4-6,8-9,14,16H,7,10-13,15,17H2,1-3H3. The van der Waals surface area contributed by atoms with Crippen molar-refractivity contribution in [1.29, 1.82) is 0 Å². The number of hydrogen-bond acceptors (Lipinski definition) is 7. The molecule has 1 fully saturated rings. The second kappa shape index (κ2) is 10.1. The highest BCUT2D eigenvalue weighted by Crippen LogP contribution is 2.24. The van der Waals surface area contributed by atoms with E-state index < -0.39 is 10.0 Å². The number of aryl methyl sites for hydroxylation is 2. The number of aromatic nitrogens is 3. The fraction of sp³-hybridized carbons (Fsp3) is 0.435. The fourth-order valence-corrected chi connectivity index (χ4v) is 5.92. The van der Waals surface area contributed by atoms with E-state index in [2.05, 4.69) is 10.3 Å². The van der Waals surface area contributed by atoms with Crippen molar-refractivity contribution in [2.75, 3.05) is 39.8 Å². The van der Waals surface area contributed by atoms with Crippen LogP contribution < -0.4 is 0 Å². The summed E-state index contributed by atoms with van der Waals surface area (Å²) in [5.41, 5.74) is 2.27. The molecule has 0 bridgehead atoms. The van der Waals surface area contributed by atoms with Gasteiger partial charge in [-0.1, -0.05) is 23.4 Å². The molecule has 2 aromatic heterocycles. The quantitative estimate of drug-likeness (QED) is 0.502. The number of carbonyl (C=O) groups excluding carboxylic acids is 1. The van der Waals surface area contributed by atoms with E-state index in [1.807, 2.05) is 41.4 Å². The van der Waals surface area contributed by atoms with Gasteiger partial charge in [0, 0.05) is 45.0 Å².